The highest BCUT2D eigenvalue weighted by molar-refractivity contribution is 5.95. The molecule has 0 atom stereocenters. The highest BCUT2D eigenvalue weighted by Gasteiger charge is 2.31. The minimum atomic E-state index is -0.00759. The molecule has 0 radical (unpaired) electrons. The zero-order chi connectivity index (χ0) is 15.0. The number of hydrogen-bond acceptors (Lipinski definition) is 4. The summed E-state index contributed by atoms with van der Waals surface area (Å²) in [5.74, 6) is -0.00759. The first-order chi connectivity index (χ1) is 10.1. The molecule has 1 saturated carbocycles. The molecule has 114 valence electrons. The van der Waals surface area contributed by atoms with Gasteiger partial charge in [0.2, 0.25) is 0 Å². The quantitative estimate of drug-likeness (QED) is 0.851. The van der Waals surface area contributed by atoms with Crippen LogP contribution >= 0.6 is 0 Å². The Morgan fingerprint density at radius 3 is 2.38 bits per heavy atom. The van der Waals surface area contributed by atoms with Gasteiger partial charge in [0.15, 0.2) is 0 Å². The van der Waals surface area contributed by atoms with E-state index >= 15 is 0 Å². The zero-order valence-corrected chi connectivity index (χ0v) is 12.9. The van der Waals surface area contributed by atoms with Crippen molar-refractivity contribution in [2.45, 2.75) is 18.9 Å². The van der Waals surface area contributed by atoms with Crippen molar-refractivity contribution in [3.63, 3.8) is 0 Å². The van der Waals surface area contributed by atoms with Crippen molar-refractivity contribution >= 4 is 17.3 Å². The van der Waals surface area contributed by atoms with Gasteiger partial charge in [0, 0.05) is 51.9 Å². The molecule has 1 aromatic carbocycles. The number of amides is 1. The van der Waals surface area contributed by atoms with E-state index in [-0.39, 0.29) is 5.91 Å². The third-order valence-corrected chi connectivity index (χ3v) is 4.40. The number of benzene rings is 1. The van der Waals surface area contributed by atoms with Crippen LogP contribution in [0.3, 0.4) is 0 Å². The van der Waals surface area contributed by atoms with Gasteiger partial charge in [-0.3, -0.25) is 9.69 Å². The molecule has 2 N–H and O–H groups in total. The van der Waals surface area contributed by atoms with Crippen LogP contribution in [-0.4, -0.2) is 62.0 Å². The molecule has 0 aromatic heterocycles. The van der Waals surface area contributed by atoms with Gasteiger partial charge in [0.25, 0.3) is 5.91 Å². The Morgan fingerprint density at radius 2 is 1.86 bits per heavy atom. The van der Waals surface area contributed by atoms with Gasteiger partial charge in [0.05, 0.1) is 11.4 Å². The fourth-order valence-corrected chi connectivity index (χ4v) is 3.00. The van der Waals surface area contributed by atoms with Crippen molar-refractivity contribution in [1.29, 1.82) is 0 Å². The van der Waals surface area contributed by atoms with Crippen LogP contribution in [0.5, 0.6) is 0 Å². The number of anilines is 2. The lowest BCUT2D eigenvalue weighted by Gasteiger charge is -2.36. The first-order valence-corrected chi connectivity index (χ1v) is 7.66. The summed E-state index contributed by atoms with van der Waals surface area (Å²) in [6.07, 6.45) is 2.73. The maximum absolute atomic E-state index is 12.0. The number of nitrogens with two attached hydrogens (primary N) is 1. The van der Waals surface area contributed by atoms with Gasteiger partial charge >= 0.3 is 0 Å². The molecule has 2 aliphatic rings. The molecule has 0 spiro atoms. The first-order valence-electron chi connectivity index (χ1n) is 7.66. The Hall–Kier alpha value is -1.75. The molecule has 5 nitrogen and oxygen atoms in total. The number of nitrogens with zero attached hydrogens (tertiary/aromatic N) is 3. The zero-order valence-electron chi connectivity index (χ0n) is 12.9. The number of piperazine rings is 1. The fourth-order valence-electron chi connectivity index (χ4n) is 3.00. The molecule has 1 aromatic rings. The largest absolute Gasteiger partial charge is 0.397 e. The van der Waals surface area contributed by atoms with Crippen LogP contribution in [0.15, 0.2) is 18.2 Å². The summed E-state index contributed by atoms with van der Waals surface area (Å²) in [4.78, 5) is 18.4. The van der Waals surface area contributed by atoms with E-state index in [1.54, 1.807) is 25.1 Å². The van der Waals surface area contributed by atoms with Crippen molar-refractivity contribution in [3.8, 4) is 0 Å². The number of hydrogen-bond donors (Lipinski definition) is 1. The molecule has 1 saturated heterocycles. The second kappa shape index (κ2) is 5.56. The Bertz CT molecular complexity index is 531. The highest BCUT2D eigenvalue weighted by atomic mass is 16.2. The molecule has 1 amide bonds. The summed E-state index contributed by atoms with van der Waals surface area (Å²) < 4.78 is 0. The van der Waals surface area contributed by atoms with E-state index in [0.717, 1.165) is 37.9 Å². The third kappa shape index (κ3) is 2.97. The lowest BCUT2D eigenvalue weighted by Crippen LogP contribution is -2.47. The minimum Gasteiger partial charge on any atom is -0.397 e. The van der Waals surface area contributed by atoms with Crippen LogP contribution < -0.4 is 10.6 Å². The van der Waals surface area contributed by atoms with Gasteiger partial charge in [0.1, 0.15) is 0 Å². The van der Waals surface area contributed by atoms with Gasteiger partial charge in [-0.05, 0) is 31.0 Å². The van der Waals surface area contributed by atoms with E-state index in [1.807, 2.05) is 12.1 Å². The van der Waals surface area contributed by atoms with E-state index in [1.165, 1.54) is 12.8 Å². The summed E-state index contributed by atoms with van der Waals surface area (Å²) >= 11 is 0. The van der Waals surface area contributed by atoms with Crippen LogP contribution in [0.25, 0.3) is 0 Å². The average Bonchev–Trinajstić information content (AvgIpc) is 3.31. The number of nitrogen functional groups attached to an aromatic ring is 1. The molecule has 1 aliphatic heterocycles. The lowest BCUT2D eigenvalue weighted by atomic mass is 10.1. The van der Waals surface area contributed by atoms with Crippen LogP contribution in [0.2, 0.25) is 0 Å². The fraction of sp³-hybridized carbons (Fsp3) is 0.562. The van der Waals surface area contributed by atoms with E-state index in [4.69, 9.17) is 5.73 Å². The molecular formula is C16H24N4O. The summed E-state index contributed by atoms with van der Waals surface area (Å²) in [5.41, 5.74) is 8.57. The summed E-state index contributed by atoms with van der Waals surface area (Å²) in [6, 6.07) is 6.50. The molecule has 21 heavy (non-hydrogen) atoms. The second-order valence-corrected chi connectivity index (χ2v) is 6.23. The average molecular weight is 288 g/mol. The smallest absolute Gasteiger partial charge is 0.253 e. The Morgan fingerprint density at radius 1 is 1.19 bits per heavy atom. The van der Waals surface area contributed by atoms with Gasteiger partial charge in [-0.15, -0.1) is 0 Å². The summed E-state index contributed by atoms with van der Waals surface area (Å²) in [6.45, 7) is 4.26. The van der Waals surface area contributed by atoms with Crippen molar-refractivity contribution in [2.75, 3.05) is 50.9 Å². The highest BCUT2D eigenvalue weighted by Crippen LogP contribution is 2.30. The molecule has 5 heteroatoms. The van der Waals surface area contributed by atoms with Gasteiger partial charge in [-0.25, -0.2) is 0 Å². The van der Waals surface area contributed by atoms with Gasteiger partial charge < -0.3 is 15.5 Å². The van der Waals surface area contributed by atoms with Gasteiger partial charge in [-0.2, -0.15) is 0 Å². The Kier molecular flexibility index (Phi) is 3.76. The molecule has 3 rings (SSSR count). The SMILES string of the molecule is CN(C)C(=O)c1ccc(N2CCN(C3CC3)CC2)c(N)c1. The maximum atomic E-state index is 12.0. The van der Waals surface area contributed by atoms with Crippen molar-refractivity contribution in [2.24, 2.45) is 0 Å². The number of rotatable bonds is 3. The number of carbonyl (C=O) groups excluding carboxylic acids is 1. The summed E-state index contributed by atoms with van der Waals surface area (Å²) in [7, 11) is 3.51. The molecule has 1 heterocycles. The predicted octanol–water partition coefficient (Wildman–Crippen LogP) is 1.26. The van der Waals surface area contributed by atoms with E-state index < -0.39 is 0 Å². The second-order valence-electron chi connectivity index (χ2n) is 6.23. The van der Waals surface area contributed by atoms with Gasteiger partial charge in [-0.1, -0.05) is 0 Å². The lowest BCUT2D eigenvalue weighted by molar-refractivity contribution is 0.0827. The molecule has 2 fully saturated rings. The van der Waals surface area contributed by atoms with Crippen LogP contribution in [0, 0.1) is 0 Å². The van der Waals surface area contributed by atoms with E-state index in [2.05, 4.69) is 9.80 Å². The standard InChI is InChI=1S/C16H24N4O/c1-18(2)16(21)12-3-6-15(14(17)11-12)20-9-7-19(8-10-20)13-4-5-13/h3,6,11,13H,4-5,7-10,17H2,1-2H3. The first kappa shape index (κ1) is 14.2. The predicted molar refractivity (Wildman–Crippen MR) is 85.7 cm³/mol. The Balaban J connectivity index is 1.69. The molecular weight excluding hydrogens is 264 g/mol. The minimum absolute atomic E-state index is 0.00759. The molecule has 0 unspecified atom stereocenters. The van der Waals surface area contributed by atoms with Crippen molar-refractivity contribution in [1.82, 2.24) is 9.80 Å². The third-order valence-electron chi connectivity index (χ3n) is 4.40. The van der Waals surface area contributed by atoms with Crippen LogP contribution in [0.1, 0.15) is 23.2 Å². The van der Waals surface area contributed by atoms with Crippen LogP contribution in [0.4, 0.5) is 11.4 Å². The van der Waals surface area contributed by atoms with Crippen molar-refractivity contribution < 1.29 is 4.79 Å². The van der Waals surface area contributed by atoms with E-state index in [0.29, 0.717) is 11.3 Å². The molecule has 0 bridgehead atoms. The monoisotopic (exact) mass is 288 g/mol. The van der Waals surface area contributed by atoms with Crippen molar-refractivity contribution in [3.05, 3.63) is 23.8 Å². The molecule has 1 aliphatic carbocycles. The normalized spacial score (nSPS) is 19.6. The summed E-state index contributed by atoms with van der Waals surface area (Å²) in [5, 5.41) is 0. The topological polar surface area (TPSA) is 52.8 Å². The van der Waals surface area contributed by atoms with Crippen LogP contribution in [-0.2, 0) is 0 Å². The Labute approximate surface area is 126 Å². The number of carbonyl (C=O) groups is 1. The van der Waals surface area contributed by atoms with E-state index in [9.17, 15) is 4.79 Å². The maximum Gasteiger partial charge on any atom is 0.253 e.